The summed E-state index contributed by atoms with van der Waals surface area (Å²) in [5, 5.41) is 8.16. The van der Waals surface area contributed by atoms with E-state index < -0.39 is 0 Å². The Morgan fingerprint density at radius 1 is 1.28 bits per heavy atom. The van der Waals surface area contributed by atoms with E-state index in [1.54, 1.807) is 11.6 Å². The fraction of sp³-hybridized carbons (Fsp3) is 0.350. The van der Waals surface area contributed by atoms with E-state index in [2.05, 4.69) is 20.6 Å². The SMILES string of the molecule is Cn1c(=O)c2c(c3cc(Nc4nc(Cl)ncc4Cl)ccc31)NC(C1CC1)CCO2. The van der Waals surface area contributed by atoms with Gasteiger partial charge in [-0.2, -0.15) is 4.98 Å². The van der Waals surface area contributed by atoms with Gasteiger partial charge in [0.15, 0.2) is 5.82 Å². The molecule has 1 unspecified atom stereocenters. The summed E-state index contributed by atoms with van der Waals surface area (Å²) < 4.78 is 7.51. The van der Waals surface area contributed by atoms with E-state index in [0.29, 0.717) is 35.2 Å². The molecule has 1 saturated carbocycles. The molecule has 0 saturated heterocycles. The second-order valence-electron chi connectivity index (χ2n) is 7.49. The number of rotatable bonds is 3. The molecule has 1 atom stereocenters. The van der Waals surface area contributed by atoms with Crippen LogP contribution < -0.4 is 20.9 Å². The summed E-state index contributed by atoms with van der Waals surface area (Å²) in [4.78, 5) is 20.9. The first kappa shape index (κ1) is 18.5. The third kappa shape index (κ3) is 3.38. The number of aryl methyl sites for hydroxylation is 1. The Balaban J connectivity index is 1.63. The molecule has 2 N–H and O–H groups in total. The maximum atomic E-state index is 12.9. The van der Waals surface area contributed by atoms with Crippen molar-refractivity contribution in [3.63, 3.8) is 0 Å². The number of ether oxygens (including phenoxy) is 1. The molecular weight excluding hydrogens is 413 g/mol. The lowest BCUT2D eigenvalue weighted by atomic mass is 10.1. The molecule has 5 rings (SSSR count). The summed E-state index contributed by atoms with van der Waals surface area (Å²) in [6.45, 7) is 0.537. The lowest BCUT2D eigenvalue weighted by Crippen LogP contribution is -2.23. The molecule has 2 aliphatic rings. The van der Waals surface area contributed by atoms with Gasteiger partial charge in [-0.05, 0) is 48.6 Å². The zero-order valence-electron chi connectivity index (χ0n) is 15.7. The Labute approximate surface area is 177 Å². The molecule has 9 heteroatoms. The van der Waals surface area contributed by atoms with E-state index in [-0.39, 0.29) is 10.8 Å². The van der Waals surface area contributed by atoms with Crippen LogP contribution in [0.15, 0.2) is 29.2 Å². The van der Waals surface area contributed by atoms with E-state index in [0.717, 1.165) is 28.7 Å². The number of anilines is 3. The highest BCUT2D eigenvalue weighted by atomic mass is 35.5. The highest BCUT2D eigenvalue weighted by Gasteiger charge is 2.34. The smallest absolute Gasteiger partial charge is 0.295 e. The van der Waals surface area contributed by atoms with Gasteiger partial charge >= 0.3 is 0 Å². The standard InChI is InChI=1S/C20H19Cl2N5O2/c1-27-15-5-4-11(24-18-13(21)9-23-20(22)26-18)8-12(15)16-17(19(27)28)29-7-6-14(25-16)10-2-3-10/h4-5,8-10,14,25H,2-3,6-7H2,1H3,(H,23,24,26). The summed E-state index contributed by atoms with van der Waals surface area (Å²) >= 11 is 12.1. The molecule has 1 aliphatic carbocycles. The van der Waals surface area contributed by atoms with Crippen LogP contribution in [-0.2, 0) is 7.05 Å². The minimum atomic E-state index is -0.136. The molecule has 150 valence electrons. The average molecular weight is 432 g/mol. The second-order valence-corrected chi connectivity index (χ2v) is 8.23. The molecule has 3 aromatic rings. The van der Waals surface area contributed by atoms with Crippen molar-refractivity contribution in [2.45, 2.75) is 25.3 Å². The van der Waals surface area contributed by atoms with Crippen LogP contribution in [0.2, 0.25) is 10.3 Å². The van der Waals surface area contributed by atoms with Crippen LogP contribution in [0.1, 0.15) is 19.3 Å². The number of aromatic nitrogens is 3. The highest BCUT2D eigenvalue weighted by Crippen LogP contribution is 2.41. The molecule has 7 nitrogen and oxygen atoms in total. The Morgan fingerprint density at radius 3 is 2.90 bits per heavy atom. The van der Waals surface area contributed by atoms with Crippen LogP contribution in [-0.4, -0.2) is 27.2 Å². The van der Waals surface area contributed by atoms with Crippen molar-refractivity contribution in [2.75, 3.05) is 17.2 Å². The maximum Gasteiger partial charge on any atom is 0.295 e. The molecule has 1 aromatic carbocycles. The van der Waals surface area contributed by atoms with E-state index in [4.69, 9.17) is 27.9 Å². The van der Waals surface area contributed by atoms with E-state index in [9.17, 15) is 4.79 Å². The largest absolute Gasteiger partial charge is 0.486 e. The van der Waals surface area contributed by atoms with Gasteiger partial charge in [-0.3, -0.25) is 4.79 Å². The molecule has 0 bridgehead atoms. The lowest BCUT2D eigenvalue weighted by Gasteiger charge is -2.19. The van der Waals surface area contributed by atoms with Gasteiger partial charge in [-0.15, -0.1) is 0 Å². The minimum Gasteiger partial charge on any atom is -0.486 e. The van der Waals surface area contributed by atoms with Crippen LogP contribution in [0.3, 0.4) is 0 Å². The van der Waals surface area contributed by atoms with Gasteiger partial charge in [0.05, 0.1) is 24.0 Å². The molecule has 0 amide bonds. The normalized spacial score (nSPS) is 18.5. The highest BCUT2D eigenvalue weighted by molar-refractivity contribution is 6.33. The molecule has 0 radical (unpaired) electrons. The van der Waals surface area contributed by atoms with Gasteiger partial charge in [0.25, 0.3) is 5.56 Å². The van der Waals surface area contributed by atoms with Gasteiger partial charge in [0.1, 0.15) is 5.02 Å². The summed E-state index contributed by atoms with van der Waals surface area (Å²) in [5.74, 6) is 1.44. The number of nitrogens with one attached hydrogen (secondary N) is 2. The van der Waals surface area contributed by atoms with E-state index >= 15 is 0 Å². The van der Waals surface area contributed by atoms with Crippen molar-refractivity contribution in [3.05, 3.63) is 45.1 Å². The average Bonchev–Trinajstić information content (AvgIpc) is 3.55. The minimum absolute atomic E-state index is 0.108. The molecule has 29 heavy (non-hydrogen) atoms. The zero-order valence-corrected chi connectivity index (χ0v) is 17.2. The molecule has 1 aliphatic heterocycles. The number of fused-ring (bicyclic) bond motifs is 3. The summed E-state index contributed by atoms with van der Waals surface area (Å²) in [7, 11) is 1.76. The maximum absolute atomic E-state index is 12.9. The van der Waals surface area contributed by atoms with Crippen LogP contribution in [0.25, 0.3) is 10.9 Å². The topological polar surface area (TPSA) is 81.1 Å². The Kier molecular flexibility index (Phi) is 4.52. The van der Waals surface area contributed by atoms with Gasteiger partial charge < -0.3 is 19.9 Å². The van der Waals surface area contributed by atoms with Crippen molar-refractivity contribution in [1.29, 1.82) is 0 Å². The van der Waals surface area contributed by atoms with Crippen molar-refractivity contribution < 1.29 is 4.74 Å². The Morgan fingerprint density at radius 2 is 2.10 bits per heavy atom. The number of pyridine rings is 1. The Hall–Kier alpha value is -2.51. The first-order chi connectivity index (χ1) is 14.0. The number of benzene rings is 1. The van der Waals surface area contributed by atoms with E-state index in [1.165, 1.54) is 19.0 Å². The predicted octanol–water partition coefficient (Wildman–Crippen LogP) is 4.35. The number of hydrogen-bond acceptors (Lipinski definition) is 6. The van der Waals surface area contributed by atoms with Gasteiger partial charge in [-0.1, -0.05) is 11.6 Å². The molecule has 0 spiro atoms. The predicted molar refractivity (Wildman–Crippen MR) is 115 cm³/mol. The summed E-state index contributed by atoms with van der Waals surface area (Å²) in [6.07, 6.45) is 4.77. The first-order valence-electron chi connectivity index (χ1n) is 9.52. The molecule has 3 heterocycles. The van der Waals surface area contributed by atoms with Crippen LogP contribution >= 0.6 is 23.2 Å². The van der Waals surface area contributed by atoms with Gasteiger partial charge in [0.2, 0.25) is 11.0 Å². The fourth-order valence-electron chi connectivity index (χ4n) is 3.84. The first-order valence-corrected chi connectivity index (χ1v) is 10.3. The van der Waals surface area contributed by atoms with Crippen LogP contribution in [0.4, 0.5) is 17.2 Å². The van der Waals surface area contributed by atoms with Crippen molar-refractivity contribution in [2.24, 2.45) is 13.0 Å². The third-order valence-electron chi connectivity index (χ3n) is 5.53. The van der Waals surface area contributed by atoms with Crippen molar-refractivity contribution in [1.82, 2.24) is 14.5 Å². The third-order valence-corrected chi connectivity index (χ3v) is 5.99. The molecule has 1 fully saturated rings. The second kappa shape index (κ2) is 7.07. The lowest BCUT2D eigenvalue weighted by molar-refractivity contribution is 0.303. The van der Waals surface area contributed by atoms with Gasteiger partial charge in [0, 0.05) is 30.6 Å². The van der Waals surface area contributed by atoms with E-state index in [1.807, 2.05) is 18.2 Å². The van der Waals surface area contributed by atoms with Crippen LogP contribution in [0.5, 0.6) is 5.75 Å². The Bertz CT molecular complexity index is 1180. The van der Waals surface area contributed by atoms with Gasteiger partial charge in [-0.25, -0.2) is 4.98 Å². The molecular formula is C20H19Cl2N5O2. The quantitative estimate of drug-likeness (QED) is 0.599. The molecule has 2 aromatic heterocycles. The summed E-state index contributed by atoms with van der Waals surface area (Å²) in [6, 6.07) is 6.05. The zero-order chi connectivity index (χ0) is 20.1. The van der Waals surface area contributed by atoms with Crippen molar-refractivity contribution in [3.8, 4) is 5.75 Å². The van der Waals surface area contributed by atoms with Crippen molar-refractivity contribution >= 4 is 51.3 Å². The fourth-order valence-corrected chi connectivity index (χ4v) is 4.11. The number of hydrogen-bond donors (Lipinski definition) is 2. The number of halogens is 2. The monoisotopic (exact) mass is 431 g/mol. The van der Waals surface area contributed by atoms with Crippen LogP contribution in [0, 0.1) is 5.92 Å². The number of nitrogens with zero attached hydrogens (tertiary/aromatic N) is 3. The summed E-state index contributed by atoms with van der Waals surface area (Å²) in [5.41, 5.74) is 2.21.